The minimum atomic E-state index is -0.441. The molecule has 0 radical (unpaired) electrons. The molecular weight excluding hydrogens is 353 g/mol. The number of nitrogens with zero attached hydrogens (tertiary/aromatic N) is 3. The average molecular weight is 377 g/mol. The summed E-state index contributed by atoms with van der Waals surface area (Å²) < 4.78 is 16.6. The van der Waals surface area contributed by atoms with Gasteiger partial charge in [-0.05, 0) is 67.7 Å². The molecule has 5 rings (SSSR count). The number of benzene rings is 1. The summed E-state index contributed by atoms with van der Waals surface area (Å²) in [5, 5.41) is 11.0. The highest BCUT2D eigenvalue weighted by molar-refractivity contribution is 5.69. The number of pyridine rings is 1. The molecule has 2 aliphatic rings. The standard InChI is InChI=1S/C23H24FN3O/c24-19-3-1-2-18-21-13-26-14-27(21)20(23(18)19)12-22(28)17-6-4-15(5-7-17)16-8-10-25-11-9-16/h1-3,8-11,13-15,17,20,22,28H,4-7,12H2/t15-,17+,20?,22?. The molecule has 3 heterocycles. The molecule has 1 N–H and O–H groups in total. The third kappa shape index (κ3) is 2.94. The van der Waals surface area contributed by atoms with Crippen LogP contribution in [0, 0.1) is 11.7 Å². The van der Waals surface area contributed by atoms with Gasteiger partial charge in [0.1, 0.15) is 5.82 Å². The van der Waals surface area contributed by atoms with E-state index in [1.165, 1.54) is 11.6 Å². The van der Waals surface area contributed by atoms with Crippen LogP contribution in [0.3, 0.4) is 0 Å². The van der Waals surface area contributed by atoms with Crippen molar-refractivity contribution in [2.75, 3.05) is 0 Å². The molecule has 2 unspecified atom stereocenters. The third-order valence-corrected chi connectivity index (χ3v) is 6.62. The predicted octanol–water partition coefficient (Wildman–Crippen LogP) is 4.71. The maximum Gasteiger partial charge on any atom is 0.129 e. The summed E-state index contributed by atoms with van der Waals surface area (Å²) >= 11 is 0. The van der Waals surface area contributed by atoms with E-state index in [9.17, 15) is 9.50 Å². The second kappa shape index (κ2) is 7.13. The van der Waals surface area contributed by atoms with Crippen molar-refractivity contribution in [1.29, 1.82) is 0 Å². The van der Waals surface area contributed by atoms with E-state index in [-0.39, 0.29) is 17.8 Å². The largest absolute Gasteiger partial charge is 0.393 e. The van der Waals surface area contributed by atoms with Crippen molar-refractivity contribution in [3.05, 3.63) is 72.2 Å². The Morgan fingerprint density at radius 3 is 2.64 bits per heavy atom. The van der Waals surface area contributed by atoms with Gasteiger partial charge in [-0.3, -0.25) is 4.98 Å². The van der Waals surface area contributed by atoms with Crippen LogP contribution in [0.2, 0.25) is 0 Å². The van der Waals surface area contributed by atoms with Crippen molar-refractivity contribution in [2.45, 2.75) is 50.2 Å². The van der Waals surface area contributed by atoms with Gasteiger partial charge >= 0.3 is 0 Å². The molecule has 0 bridgehead atoms. The normalized spacial score (nSPS) is 24.6. The minimum Gasteiger partial charge on any atom is -0.393 e. The van der Waals surface area contributed by atoms with Crippen LogP contribution >= 0.6 is 0 Å². The Bertz CT molecular complexity index is 963. The molecule has 4 nitrogen and oxygen atoms in total. The summed E-state index contributed by atoms with van der Waals surface area (Å²) in [4.78, 5) is 8.34. The number of aliphatic hydroxyl groups is 1. The Morgan fingerprint density at radius 1 is 1.07 bits per heavy atom. The van der Waals surface area contributed by atoms with E-state index in [0.717, 1.165) is 36.9 Å². The zero-order valence-electron chi connectivity index (χ0n) is 15.7. The molecule has 0 spiro atoms. The molecule has 1 fully saturated rings. The quantitative estimate of drug-likeness (QED) is 0.716. The van der Waals surface area contributed by atoms with Gasteiger partial charge in [-0.25, -0.2) is 9.37 Å². The van der Waals surface area contributed by atoms with Crippen LogP contribution in [-0.4, -0.2) is 25.7 Å². The van der Waals surface area contributed by atoms with Crippen molar-refractivity contribution in [2.24, 2.45) is 5.92 Å². The first-order valence-electron chi connectivity index (χ1n) is 10.1. The van der Waals surface area contributed by atoms with Gasteiger partial charge in [-0.2, -0.15) is 0 Å². The first-order valence-corrected chi connectivity index (χ1v) is 10.1. The van der Waals surface area contributed by atoms with Crippen LogP contribution in [0.15, 0.2) is 55.2 Å². The van der Waals surface area contributed by atoms with Crippen molar-refractivity contribution in [3.63, 3.8) is 0 Å². The molecule has 1 aliphatic carbocycles. The molecule has 1 aliphatic heterocycles. The minimum absolute atomic E-state index is 0.179. The average Bonchev–Trinajstić information content (AvgIpc) is 3.32. The molecule has 2 atom stereocenters. The molecule has 3 aromatic rings. The second-order valence-electron chi connectivity index (χ2n) is 8.10. The van der Waals surface area contributed by atoms with Crippen LogP contribution < -0.4 is 0 Å². The number of aromatic nitrogens is 3. The summed E-state index contributed by atoms with van der Waals surface area (Å²) in [6.07, 6.45) is 11.5. The van der Waals surface area contributed by atoms with Gasteiger partial charge in [0, 0.05) is 23.5 Å². The van der Waals surface area contributed by atoms with E-state index in [2.05, 4.69) is 22.1 Å². The zero-order chi connectivity index (χ0) is 19.1. The monoisotopic (exact) mass is 377 g/mol. The van der Waals surface area contributed by atoms with Gasteiger partial charge < -0.3 is 9.67 Å². The number of rotatable bonds is 4. The Kier molecular flexibility index (Phi) is 4.47. The highest BCUT2D eigenvalue weighted by atomic mass is 19.1. The van der Waals surface area contributed by atoms with Crippen molar-refractivity contribution in [1.82, 2.24) is 14.5 Å². The van der Waals surface area contributed by atoms with Crippen molar-refractivity contribution < 1.29 is 9.50 Å². The highest BCUT2D eigenvalue weighted by Gasteiger charge is 2.35. The SMILES string of the molecule is OC(CC1c2c(F)cccc2-c2cncn21)[C@H]1CC[C@@H](c2ccncc2)CC1. The van der Waals surface area contributed by atoms with E-state index in [0.29, 0.717) is 17.9 Å². The zero-order valence-corrected chi connectivity index (χ0v) is 15.7. The third-order valence-electron chi connectivity index (χ3n) is 6.62. The maximum atomic E-state index is 14.6. The smallest absolute Gasteiger partial charge is 0.129 e. The number of aliphatic hydroxyl groups excluding tert-OH is 1. The lowest BCUT2D eigenvalue weighted by Crippen LogP contribution is -2.28. The lowest BCUT2D eigenvalue weighted by atomic mass is 9.75. The van der Waals surface area contributed by atoms with Gasteiger partial charge in [0.25, 0.3) is 0 Å². The lowest BCUT2D eigenvalue weighted by Gasteiger charge is -2.33. The van der Waals surface area contributed by atoms with E-state index in [4.69, 9.17) is 0 Å². The molecule has 5 heteroatoms. The van der Waals surface area contributed by atoms with E-state index >= 15 is 0 Å². The summed E-state index contributed by atoms with van der Waals surface area (Å²) in [6, 6.07) is 9.21. The lowest BCUT2D eigenvalue weighted by molar-refractivity contribution is 0.0650. The van der Waals surface area contributed by atoms with E-state index in [1.54, 1.807) is 18.6 Å². The maximum absolute atomic E-state index is 14.6. The van der Waals surface area contributed by atoms with Crippen LogP contribution in [-0.2, 0) is 0 Å². The highest BCUT2D eigenvalue weighted by Crippen LogP contribution is 2.45. The fourth-order valence-corrected chi connectivity index (χ4v) is 5.13. The summed E-state index contributed by atoms with van der Waals surface area (Å²) in [6.45, 7) is 0. The van der Waals surface area contributed by atoms with Gasteiger partial charge in [0.15, 0.2) is 0 Å². The van der Waals surface area contributed by atoms with Gasteiger partial charge in [-0.1, -0.05) is 12.1 Å². The Balaban J connectivity index is 1.30. The molecule has 1 saturated carbocycles. The Hall–Kier alpha value is -2.53. The van der Waals surface area contributed by atoms with Crippen molar-refractivity contribution >= 4 is 0 Å². The molecule has 0 saturated heterocycles. The first-order chi connectivity index (χ1) is 13.7. The number of fused-ring (bicyclic) bond motifs is 3. The Labute approximate surface area is 164 Å². The van der Waals surface area contributed by atoms with Gasteiger partial charge in [-0.15, -0.1) is 0 Å². The van der Waals surface area contributed by atoms with Crippen LogP contribution in [0.1, 0.15) is 55.2 Å². The number of hydrogen-bond acceptors (Lipinski definition) is 3. The number of hydrogen-bond donors (Lipinski definition) is 1. The van der Waals surface area contributed by atoms with E-state index < -0.39 is 6.10 Å². The second-order valence-corrected chi connectivity index (χ2v) is 8.10. The topological polar surface area (TPSA) is 50.9 Å². The van der Waals surface area contributed by atoms with Crippen LogP contribution in [0.5, 0.6) is 0 Å². The van der Waals surface area contributed by atoms with Crippen molar-refractivity contribution in [3.8, 4) is 11.3 Å². The molecule has 144 valence electrons. The summed E-state index contributed by atoms with van der Waals surface area (Å²) in [5.74, 6) is 0.622. The first kappa shape index (κ1) is 17.6. The fourth-order valence-electron chi connectivity index (χ4n) is 5.13. The number of imidazole rings is 1. The molecule has 2 aromatic heterocycles. The molecular formula is C23H24FN3O. The Morgan fingerprint density at radius 2 is 1.86 bits per heavy atom. The number of halogens is 1. The predicted molar refractivity (Wildman–Crippen MR) is 105 cm³/mol. The van der Waals surface area contributed by atoms with E-state index in [1.807, 2.05) is 23.0 Å². The fraction of sp³-hybridized carbons (Fsp3) is 0.391. The summed E-state index contributed by atoms with van der Waals surface area (Å²) in [7, 11) is 0. The van der Waals surface area contributed by atoms with Crippen LogP contribution in [0.25, 0.3) is 11.3 Å². The molecule has 28 heavy (non-hydrogen) atoms. The van der Waals surface area contributed by atoms with Gasteiger partial charge in [0.05, 0.1) is 30.4 Å². The summed E-state index contributed by atoms with van der Waals surface area (Å²) in [5.41, 5.74) is 3.88. The van der Waals surface area contributed by atoms with Gasteiger partial charge in [0.2, 0.25) is 0 Å². The van der Waals surface area contributed by atoms with Crippen LogP contribution in [0.4, 0.5) is 4.39 Å². The molecule has 1 aromatic carbocycles. The molecule has 0 amide bonds.